The third kappa shape index (κ3) is 3.61. The summed E-state index contributed by atoms with van der Waals surface area (Å²) in [6.07, 6.45) is 6.65. The van der Waals surface area contributed by atoms with Crippen LogP contribution in [-0.4, -0.2) is 60.0 Å². The van der Waals surface area contributed by atoms with Crippen LogP contribution < -0.4 is 0 Å². The third-order valence-corrected chi connectivity index (χ3v) is 6.61. The lowest BCUT2D eigenvalue weighted by atomic mass is 10.0. The second-order valence-electron chi connectivity index (χ2n) is 5.79. The van der Waals surface area contributed by atoms with Gasteiger partial charge in [-0.3, -0.25) is 4.79 Å². The fourth-order valence-electron chi connectivity index (χ4n) is 2.54. The first-order valence-electron chi connectivity index (χ1n) is 8.07. The Morgan fingerprint density at radius 3 is 2.41 bits per heavy atom. The maximum Gasteiger partial charge on any atom is 0.377 e. The SMILES string of the molecule is CCOC(=O)C1(CSc2nccn2C)OC(=O)C(=O)C1Sc1nccn1C. The Labute approximate surface area is 163 Å². The summed E-state index contributed by atoms with van der Waals surface area (Å²) in [5.41, 5.74) is -1.75. The summed E-state index contributed by atoms with van der Waals surface area (Å²) in [6.45, 7) is 1.75. The minimum Gasteiger partial charge on any atom is -0.463 e. The minimum absolute atomic E-state index is 0.00371. The highest BCUT2D eigenvalue weighted by Crippen LogP contribution is 2.41. The quantitative estimate of drug-likeness (QED) is 0.373. The molecule has 9 nitrogen and oxygen atoms in total. The normalized spacial score (nSPS) is 22.1. The summed E-state index contributed by atoms with van der Waals surface area (Å²) in [4.78, 5) is 45.8. The molecular weight excluding hydrogens is 392 g/mol. The molecule has 27 heavy (non-hydrogen) atoms. The zero-order chi connectivity index (χ0) is 19.6. The third-order valence-electron chi connectivity index (χ3n) is 3.95. The fraction of sp³-hybridized carbons (Fsp3) is 0.438. The van der Waals surface area contributed by atoms with E-state index < -0.39 is 28.6 Å². The number of ether oxygens (including phenoxy) is 2. The Kier molecular flexibility index (Phi) is 5.61. The van der Waals surface area contributed by atoms with E-state index in [1.165, 1.54) is 11.8 Å². The van der Waals surface area contributed by atoms with Crippen molar-refractivity contribution in [2.45, 2.75) is 28.1 Å². The van der Waals surface area contributed by atoms with E-state index in [2.05, 4.69) is 9.97 Å². The standard InChI is InChI=1S/C16H18N4O5S2/c1-4-24-13(23)16(9-26-14-17-5-7-19(14)2)11(10(21)12(22)25-16)27-15-18-6-8-20(15)3/h5-8,11H,4,9H2,1-3H3. The number of hydrogen-bond acceptors (Lipinski definition) is 9. The number of Topliss-reactive ketones (excluding diaryl/α,β-unsaturated/α-hetero) is 1. The largest absolute Gasteiger partial charge is 0.463 e. The molecule has 1 aliphatic heterocycles. The van der Waals surface area contributed by atoms with Crippen molar-refractivity contribution < 1.29 is 23.9 Å². The van der Waals surface area contributed by atoms with Crippen molar-refractivity contribution in [3.63, 3.8) is 0 Å². The zero-order valence-corrected chi connectivity index (χ0v) is 16.6. The fourth-order valence-corrected chi connectivity index (χ4v) is 4.91. The molecule has 3 rings (SSSR count). The van der Waals surface area contributed by atoms with Gasteiger partial charge in [0.15, 0.2) is 10.3 Å². The monoisotopic (exact) mass is 410 g/mol. The zero-order valence-electron chi connectivity index (χ0n) is 14.9. The van der Waals surface area contributed by atoms with E-state index in [9.17, 15) is 14.4 Å². The summed E-state index contributed by atoms with van der Waals surface area (Å²) in [5.74, 6) is -2.58. The van der Waals surface area contributed by atoms with E-state index in [1.54, 1.807) is 54.9 Å². The highest BCUT2D eigenvalue weighted by atomic mass is 32.2. The predicted octanol–water partition coefficient (Wildman–Crippen LogP) is 0.834. The van der Waals surface area contributed by atoms with Gasteiger partial charge in [-0.1, -0.05) is 23.5 Å². The first-order valence-corrected chi connectivity index (χ1v) is 9.94. The maximum absolute atomic E-state index is 12.8. The predicted molar refractivity (Wildman–Crippen MR) is 97.2 cm³/mol. The number of carbonyl (C=O) groups excluding carboxylic acids is 3. The molecule has 0 saturated carbocycles. The molecule has 1 saturated heterocycles. The van der Waals surface area contributed by atoms with E-state index in [1.807, 2.05) is 0 Å². The van der Waals surface area contributed by atoms with E-state index in [0.29, 0.717) is 10.3 Å². The molecule has 0 spiro atoms. The van der Waals surface area contributed by atoms with Gasteiger partial charge in [-0.25, -0.2) is 19.6 Å². The van der Waals surface area contributed by atoms with Crippen LogP contribution in [0.3, 0.4) is 0 Å². The van der Waals surface area contributed by atoms with Crippen LogP contribution >= 0.6 is 23.5 Å². The number of hydrogen-bond donors (Lipinski definition) is 0. The molecule has 2 aromatic rings. The van der Waals surface area contributed by atoms with E-state index in [4.69, 9.17) is 9.47 Å². The molecule has 0 amide bonds. The lowest BCUT2D eigenvalue weighted by Crippen LogP contribution is -2.51. The Morgan fingerprint density at radius 1 is 1.22 bits per heavy atom. The maximum atomic E-state index is 12.8. The molecule has 2 atom stereocenters. The molecule has 1 fully saturated rings. The van der Waals surface area contributed by atoms with Gasteiger partial charge in [-0.15, -0.1) is 0 Å². The molecular formula is C16H18N4O5S2. The first-order chi connectivity index (χ1) is 12.9. The number of cyclic esters (lactones) is 1. The van der Waals surface area contributed by atoms with Crippen LogP contribution in [0.4, 0.5) is 0 Å². The van der Waals surface area contributed by atoms with Crippen LogP contribution in [0.1, 0.15) is 6.92 Å². The number of nitrogens with zero attached hydrogens (tertiary/aromatic N) is 4. The Balaban J connectivity index is 1.95. The number of aryl methyl sites for hydroxylation is 2. The number of imidazole rings is 2. The van der Waals surface area contributed by atoms with Crippen LogP contribution in [0.15, 0.2) is 35.1 Å². The van der Waals surface area contributed by atoms with E-state index >= 15 is 0 Å². The number of carbonyl (C=O) groups is 3. The lowest BCUT2D eigenvalue weighted by Gasteiger charge is -2.28. The molecule has 1 aliphatic rings. The van der Waals surface area contributed by atoms with E-state index in [-0.39, 0.29) is 12.4 Å². The summed E-state index contributed by atoms with van der Waals surface area (Å²) in [5, 5.41) is 0.00930. The van der Waals surface area contributed by atoms with Crippen LogP contribution in [0.2, 0.25) is 0 Å². The second kappa shape index (κ2) is 7.77. The molecule has 0 aliphatic carbocycles. The van der Waals surface area contributed by atoms with Crippen molar-refractivity contribution in [1.82, 2.24) is 19.1 Å². The highest BCUT2D eigenvalue weighted by molar-refractivity contribution is 8.01. The van der Waals surface area contributed by atoms with Crippen LogP contribution in [0.5, 0.6) is 0 Å². The highest BCUT2D eigenvalue weighted by Gasteiger charge is 2.62. The molecule has 3 heterocycles. The molecule has 0 radical (unpaired) electrons. The number of rotatable bonds is 7. The van der Waals surface area contributed by atoms with Crippen molar-refractivity contribution in [3.8, 4) is 0 Å². The number of aromatic nitrogens is 4. The smallest absolute Gasteiger partial charge is 0.377 e. The van der Waals surface area contributed by atoms with Gasteiger partial charge in [-0.2, -0.15) is 0 Å². The molecule has 0 aromatic carbocycles. The van der Waals surface area contributed by atoms with Gasteiger partial charge in [0, 0.05) is 38.9 Å². The molecule has 0 N–H and O–H groups in total. The molecule has 144 valence electrons. The summed E-state index contributed by atoms with van der Waals surface area (Å²) in [6, 6.07) is 0. The van der Waals surface area contributed by atoms with Crippen LogP contribution in [0, 0.1) is 0 Å². The topological polar surface area (TPSA) is 105 Å². The number of ketones is 1. The average molecular weight is 410 g/mol. The average Bonchev–Trinajstić information content (AvgIpc) is 3.29. The van der Waals surface area contributed by atoms with Crippen molar-refractivity contribution in [3.05, 3.63) is 24.8 Å². The first kappa shape index (κ1) is 19.5. The van der Waals surface area contributed by atoms with Crippen molar-refractivity contribution in [1.29, 1.82) is 0 Å². The van der Waals surface area contributed by atoms with Gasteiger partial charge in [0.05, 0.1) is 12.4 Å². The van der Waals surface area contributed by atoms with Gasteiger partial charge in [0.1, 0.15) is 5.25 Å². The van der Waals surface area contributed by atoms with Crippen molar-refractivity contribution >= 4 is 41.2 Å². The van der Waals surface area contributed by atoms with Crippen molar-refractivity contribution in [2.75, 3.05) is 12.4 Å². The van der Waals surface area contributed by atoms with Gasteiger partial charge >= 0.3 is 11.9 Å². The van der Waals surface area contributed by atoms with Gasteiger partial charge in [0.2, 0.25) is 5.60 Å². The number of thioether (sulfide) groups is 2. The van der Waals surface area contributed by atoms with Gasteiger partial charge in [-0.05, 0) is 6.92 Å². The molecule has 0 bridgehead atoms. The second-order valence-corrected chi connectivity index (χ2v) is 7.81. The van der Waals surface area contributed by atoms with E-state index in [0.717, 1.165) is 11.8 Å². The Bertz CT molecular complexity index is 880. The summed E-state index contributed by atoms with van der Waals surface area (Å²) < 4.78 is 14.0. The number of esters is 2. The van der Waals surface area contributed by atoms with Gasteiger partial charge < -0.3 is 18.6 Å². The molecule has 2 unspecified atom stereocenters. The minimum atomic E-state index is -1.75. The van der Waals surface area contributed by atoms with Crippen LogP contribution in [0.25, 0.3) is 0 Å². The van der Waals surface area contributed by atoms with Gasteiger partial charge in [0.25, 0.3) is 5.78 Å². The van der Waals surface area contributed by atoms with Crippen LogP contribution in [-0.2, 0) is 38.0 Å². The summed E-state index contributed by atoms with van der Waals surface area (Å²) >= 11 is 2.22. The Hall–Kier alpha value is -2.27. The molecule has 11 heteroatoms. The Morgan fingerprint density at radius 2 is 1.85 bits per heavy atom. The molecule has 2 aromatic heterocycles. The van der Waals surface area contributed by atoms with Crippen molar-refractivity contribution in [2.24, 2.45) is 14.1 Å². The summed E-state index contributed by atoms with van der Waals surface area (Å²) in [7, 11) is 3.56. The lowest BCUT2D eigenvalue weighted by molar-refractivity contribution is -0.171.